The number of aryl methyl sites for hydroxylation is 1. The maximum absolute atomic E-state index is 12.2. The highest BCUT2D eigenvalue weighted by atomic mass is 32.1. The molecule has 0 radical (unpaired) electrons. The van der Waals surface area contributed by atoms with Gasteiger partial charge in [-0.1, -0.05) is 18.2 Å². The van der Waals surface area contributed by atoms with Crippen LogP contribution in [0.2, 0.25) is 0 Å². The number of aromatic nitrogens is 2. The molecule has 3 rings (SSSR count). The highest BCUT2D eigenvalue weighted by Gasteiger charge is 2.14. The predicted octanol–water partition coefficient (Wildman–Crippen LogP) is 3.06. The Balaban J connectivity index is 1.93. The van der Waals surface area contributed by atoms with Crippen molar-refractivity contribution >= 4 is 27.2 Å². The van der Waals surface area contributed by atoms with Crippen molar-refractivity contribution in [2.75, 3.05) is 0 Å². The van der Waals surface area contributed by atoms with E-state index in [1.54, 1.807) is 28.3 Å². The van der Waals surface area contributed by atoms with Crippen LogP contribution in [0, 0.1) is 0 Å². The molecule has 90 valence electrons. The number of imidazole rings is 1. The van der Waals surface area contributed by atoms with Crippen LogP contribution in [0.3, 0.4) is 0 Å². The van der Waals surface area contributed by atoms with Crippen molar-refractivity contribution in [2.24, 2.45) is 7.05 Å². The lowest BCUT2D eigenvalue weighted by molar-refractivity contribution is 0.0980. The van der Waals surface area contributed by atoms with E-state index in [-0.39, 0.29) is 5.78 Å². The van der Waals surface area contributed by atoms with Gasteiger partial charge in [-0.3, -0.25) is 4.79 Å². The Bertz CT molecular complexity index is 711. The van der Waals surface area contributed by atoms with Gasteiger partial charge in [-0.05, 0) is 22.4 Å². The Morgan fingerprint density at radius 3 is 3.00 bits per heavy atom. The minimum Gasteiger partial charge on any atom is -0.332 e. The second-order valence-corrected chi connectivity index (χ2v) is 5.13. The molecular formula is C14H12N2OS. The number of carbonyl (C=O) groups is 1. The van der Waals surface area contributed by atoms with Gasteiger partial charge in [-0.25, -0.2) is 4.98 Å². The second-order valence-electron chi connectivity index (χ2n) is 4.22. The minimum atomic E-state index is 0.0612. The first kappa shape index (κ1) is 11.2. The number of Topliss-reactive ketones (excluding diaryl/α,β-unsaturated/α-hetero) is 1. The van der Waals surface area contributed by atoms with E-state index in [0.29, 0.717) is 12.2 Å². The maximum Gasteiger partial charge on any atom is 0.202 e. The standard InChI is InChI=1S/C14H12N2OS/c1-16-7-6-15-14(16)12(17)8-10-9-18-13-5-3-2-4-11(10)13/h2-7,9H,8H2,1H3. The topological polar surface area (TPSA) is 34.9 Å². The molecular weight excluding hydrogens is 244 g/mol. The molecule has 0 bridgehead atoms. The molecule has 2 aromatic heterocycles. The fourth-order valence-corrected chi connectivity index (χ4v) is 3.02. The van der Waals surface area contributed by atoms with Gasteiger partial charge in [0, 0.05) is 30.6 Å². The van der Waals surface area contributed by atoms with Gasteiger partial charge in [0.05, 0.1) is 0 Å². The second kappa shape index (κ2) is 4.38. The molecule has 0 saturated carbocycles. The zero-order chi connectivity index (χ0) is 12.5. The van der Waals surface area contributed by atoms with Crippen LogP contribution in [0.4, 0.5) is 0 Å². The van der Waals surface area contributed by atoms with Crippen LogP contribution in [-0.2, 0) is 13.5 Å². The summed E-state index contributed by atoms with van der Waals surface area (Å²) in [6.45, 7) is 0. The number of thiophene rings is 1. The summed E-state index contributed by atoms with van der Waals surface area (Å²) < 4.78 is 2.98. The zero-order valence-corrected chi connectivity index (χ0v) is 10.8. The van der Waals surface area contributed by atoms with Crippen LogP contribution >= 0.6 is 11.3 Å². The third-order valence-electron chi connectivity index (χ3n) is 2.98. The predicted molar refractivity (Wildman–Crippen MR) is 73.1 cm³/mol. The van der Waals surface area contributed by atoms with Crippen molar-refractivity contribution in [3.63, 3.8) is 0 Å². The van der Waals surface area contributed by atoms with Crippen molar-refractivity contribution in [1.29, 1.82) is 0 Å². The number of nitrogens with zero attached hydrogens (tertiary/aromatic N) is 2. The largest absolute Gasteiger partial charge is 0.332 e. The molecule has 0 N–H and O–H groups in total. The van der Waals surface area contributed by atoms with E-state index < -0.39 is 0 Å². The minimum absolute atomic E-state index is 0.0612. The molecule has 3 nitrogen and oxygen atoms in total. The molecule has 0 aliphatic rings. The molecule has 0 aliphatic heterocycles. The fourth-order valence-electron chi connectivity index (χ4n) is 2.06. The van der Waals surface area contributed by atoms with E-state index in [2.05, 4.69) is 22.5 Å². The SMILES string of the molecule is Cn1ccnc1C(=O)Cc1csc2ccccc12. The lowest BCUT2D eigenvalue weighted by atomic mass is 10.1. The number of hydrogen-bond acceptors (Lipinski definition) is 3. The summed E-state index contributed by atoms with van der Waals surface area (Å²) in [7, 11) is 1.84. The molecule has 0 unspecified atom stereocenters. The van der Waals surface area contributed by atoms with Crippen LogP contribution in [0.25, 0.3) is 10.1 Å². The first-order valence-electron chi connectivity index (χ1n) is 5.71. The number of hydrogen-bond donors (Lipinski definition) is 0. The molecule has 0 amide bonds. The average molecular weight is 256 g/mol. The van der Waals surface area contributed by atoms with Gasteiger partial charge < -0.3 is 4.57 Å². The summed E-state index contributed by atoms with van der Waals surface area (Å²) in [5.41, 5.74) is 1.09. The van der Waals surface area contributed by atoms with Gasteiger partial charge in [-0.2, -0.15) is 0 Å². The molecule has 0 atom stereocenters. The van der Waals surface area contributed by atoms with Gasteiger partial charge in [0.15, 0.2) is 5.82 Å². The lowest BCUT2D eigenvalue weighted by Gasteiger charge is -2.00. The zero-order valence-electron chi connectivity index (χ0n) is 9.96. The molecule has 18 heavy (non-hydrogen) atoms. The summed E-state index contributed by atoms with van der Waals surface area (Å²) in [6, 6.07) is 8.16. The van der Waals surface area contributed by atoms with E-state index in [9.17, 15) is 4.79 Å². The average Bonchev–Trinajstić information content (AvgIpc) is 2.97. The van der Waals surface area contributed by atoms with Gasteiger partial charge in [0.25, 0.3) is 0 Å². The summed E-state index contributed by atoms with van der Waals surface area (Å²) in [6.07, 6.45) is 3.85. The summed E-state index contributed by atoms with van der Waals surface area (Å²) in [4.78, 5) is 16.3. The Morgan fingerprint density at radius 2 is 2.22 bits per heavy atom. The van der Waals surface area contributed by atoms with Crippen LogP contribution < -0.4 is 0 Å². The molecule has 4 heteroatoms. The summed E-state index contributed by atoms with van der Waals surface area (Å²) in [5.74, 6) is 0.580. The fraction of sp³-hybridized carbons (Fsp3) is 0.143. The van der Waals surface area contributed by atoms with Crippen LogP contribution in [0.15, 0.2) is 42.0 Å². The van der Waals surface area contributed by atoms with Crippen molar-refractivity contribution < 1.29 is 4.79 Å². The third kappa shape index (κ3) is 1.84. The third-order valence-corrected chi connectivity index (χ3v) is 4.00. The normalized spacial score (nSPS) is 10.9. The Kier molecular flexibility index (Phi) is 2.72. The van der Waals surface area contributed by atoms with E-state index in [4.69, 9.17) is 0 Å². The van der Waals surface area contributed by atoms with Gasteiger partial charge in [-0.15, -0.1) is 11.3 Å². The van der Waals surface area contributed by atoms with Crippen molar-refractivity contribution in [3.05, 3.63) is 53.4 Å². The summed E-state index contributed by atoms with van der Waals surface area (Å²) in [5, 5.41) is 3.23. The first-order chi connectivity index (χ1) is 8.75. The number of fused-ring (bicyclic) bond motifs is 1. The van der Waals surface area contributed by atoms with Crippen molar-refractivity contribution in [1.82, 2.24) is 9.55 Å². The molecule has 0 aliphatic carbocycles. The smallest absolute Gasteiger partial charge is 0.202 e. The first-order valence-corrected chi connectivity index (χ1v) is 6.59. The summed E-state index contributed by atoms with van der Waals surface area (Å²) >= 11 is 1.68. The van der Waals surface area contributed by atoms with E-state index >= 15 is 0 Å². The Hall–Kier alpha value is -1.94. The Morgan fingerprint density at radius 1 is 1.39 bits per heavy atom. The molecule has 0 fully saturated rings. The quantitative estimate of drug-likeness (QED) is 0.675. The number of rotatable bonds is 3. The Labute approximate surface area is 109 Å². The highest BCUT2D eigenvalue weighted by Crippen LogP contribution is 2.26. The van der Waals surface area contributed by atoms with Gasteiger partial charge >= 0.3 is 0 Å². The van der Waals surface area contributed by atoms with Gasteiger partial charge in [0.2, 0.25) is 5.78 Å². The maximum atomic E-state index is 12.2. The van der Waals surface area contributed by atoms with Crippen LogP contribution in [-0.4, -0.2) is 15.3 Å². The van der Waals surface area contributed by atoms with E-state index in [0.717, 1.165) is 5.56 Å². The molecule has 0 spiro atoms. The number of benzene rings is 1. The number of carbonyl (C=O) groups excluding carboxylic acids is 1. The molecule has 1 aromatic carbocycles. The van der Waals surface area contributed by atoms with Crippen molar-refractivity contribution in [2.45, 2.75) is 6.42 Å². The van der Waals surface area contributed by atoms with Crippen LogP contribution in [0.1, 0.15) is 16.2 Å². The molecule has 2 heterocycles. The number of ketones is 1. The molecule has 0 saturated heterocycles. The van der Waals surface area contributed by atoms with Crippen molar-refractivity contribution in [3.8, 4) is 0 Å². The van der Waals surface area contributed by atoms with E-state index in [1.165, 1.54) is 10.1 Å². The highest BCUT2D eigenvalue weighted by molar-refractivity contribution is 7.17. The van der Waals surface area contributed by atoms with Gasteiger partial charge in [0.1, 0.15) is 0 Å². The van der Waals surface area contributed by atoms with E-state index in [1.807, 2.05) is 19.2 Å². The lowest BCUT2D eigenvalue weighted by Crippen LogP contribution is -2.09. The molecule has 3 aromatic rings. The monoisotopic (exact) mass is 256 g/mol. The van der Waals surface area contributed by atoms with Crippen LogP contribution in [0.5, 0.6) is 0 Å².